The van der Waals surface area contributed by atoms with Crippen LogP contribution in [0.4, 0.5) is 0 Å². The van der Waals surface area contributed by atoms with Gasteiger partial charge in [-0.25, -0.2) is 0 Å². The Morgan fingerprint density at radius 3 is 2.83 bits per heavy atom. The lowest BCUT2D eigenvalue weighted by Gasteiger charge is -2.43. The number of aliphatic hydroxyl groups excluding tert-OH is 1. The maximum absolute atomic E-state index is 12.6. The molecule has 0 aliphatic carbocycles. The highest BCUT2D eigenvalue weighted by Gasteiger charge is 2.42. The van der Waals surface area contributed by atoms with E-state index >= 15 is 0 Å². The largest absolute Gasteiger partial charge is 0.389 e. The fraction of sp³-hybridized carbons (Fsp3) is 0.294. The second kappa shape index (κ2) is 6.66. The van der Waals surface area contributed by atoms with E-state index in [1.54, 1.807) is 6.07 Å². The Kier molecular flexibility index (Phi) is 4.61. The molecule has 0 bridgehead atoms. The van der Waals surface area contributed by atoms with E-state index in [4.69, 9.17) is 11.6 Å². The third kappa shape index (κ3) is 3.22. The lowest BCUT2D eigenvalue weighted by Crippen LogP contribution is -2.61. The summed E-state index contributed by atoms with van der Waals surface area (Å²) in [7, 11) is 0. The lowest BCUT2D eigenvalue weighted by atomic mass is 9.79. The van der Waals surface area contributed by atoms with Crippen molar-refractivity contribution in [3.63, 3.8) is 0 Å². The normalized spacial score (nSPS) is 24.2. The number of piperidine rings is 1. The van der Waals surface area contributed by atoms with Gasteiger partial charge in [-0.1, -0.05) is 41.9 Å². The van der Waals surface area contributed by atoms with E-state index in [-0.39, 0.29) is 5.91 Å². The van der Waals surface area contributed by atoms with Gasteiger partial charge in [0.25, 0.3) is 5.91 Å². The number of aliphatic hydroxyl groups is 1. The van der Waals surface area contributed by atoms with E-state index in [0.717, 1.165) is 5.56 Å². The molecule has 3 rings (SSSR count). The molecule has 1 aliphatic rings. The number of pyridine rings is 1. The Hall–Kier alpha value is -1.95. The van der Waals surface area contributed by atoms with Crippen molar-refractivity contribution in [2.45, 2.75) is 18.1 Å². The minimum atomic E-state index is -0.827. The number of carbonyl (C=O) groups is 1. The summed E-state index contributed by atoms with van der Waals surface area (Å²) < 4.78 is 0. The number of β-amino-alcohol motifs (C(OH)–C–C–N with tert-alkyl or cyclic N) is 1. The van der Waals surface area contributed by atoms with Gasteiger partial charge in [-0.3, -0.25) is 9.78 Å². The molecular weight excluding hydrogens is 314 g/mol. The first kappa shape index (κ1) is 15.9. The van der Waals surface area contributed by atoms with Crippen molar-refractivity contribution in [2.24, 2.45) is 0 Å². The second-order valence-corrected chi connectivity index (χ2v) is 6.09. The van der Waals surface area contributed by atoms with Crippen LogP contribution in [0.2, 0.25) is 5.02 Å². The summed E-state index contributed by atoms with van der Waals surface area (Å²) in [5, 5.41) is 17.2. The van der Waals surface area contributed by atoms with Gasteiger partial charge < -0.3 is 15.7 Å². The second-order valence-electron chi connectivity index (χ2n) is 5.65. The molecule has 1 aromatic carbocycles. The van der Waals surface area contributed by atoms with E-state index in [1.165, 1.54) is 12.4 Å². The highest BCUT2D eigenvalue weighted by atomic mass is 35.5. The van der Waals surface area contributed by atoms with Crippen LogP contribution in [-0.4, -0.2) is 35.2 Å². The SMILES string of the molecule is O=C(N[C@]1(c2ccccc2)CCNC[C@H]1O)c1cncc(Cl)c1. The summed E-state index contributed by atoms with van der Waals surface area (Å²) in [6, 6.07) is 11.1. The molecule has 3 N–H and O–H groups in total. The van der Waals surface area contributed by atoms with Crippen LogP contribution in [0.3, 0.4) is 0 Å². The number of hydrogen-bond acceptors (Lipinski definition) is 4. The maximum Gasteiger partial charge on any atom is 0.253 e. The molecular formula is C17H18ClN3O2. The van der Waals surface area contributed by atoms with E-state index in [2.05, 4.69) is 15.6 Å². The Morgan fingerprint density at radius 1 is 1.35 bits per heavy atom. The summed E-state index contributed by atoms with van der Waals surface area (Å²) in [5.74, 6) is -0.301. The fourth-order valence-electron chi connectivity index (χ4n) is 2.97. The zero-order valence-electron chi connectivity index (χ0n) is 12.5. The first-order valence-electron chi connectivity index (χ1n) is 7.49. The Labute approximate surface area is 139 Å². The number of nitrogens with one attached hydrogen (secondary N) is 2. The van der Waals surface area contributed by atoms with Crippen LogP contribution in [0.5, 0.6) is 0 Å². The van der Waals surface area contributed by atoms with Crippen molar-refractivity contribution < 1.29 is 9.90 Å². The lowest BCUT2D eigenvalue weighted by molar-refractivity contribution is 0.0289. The molecule has 0 spiro atoms. The fourth-order valence-corrected chi connectivity index (χ4v) is 3.14. The average molecular weight is 332 g/mol. The molecule has 1 amide bonds. The minimum Gasteiger partial charge on any atom is -0.389 e. The van der Waals surface area contributed by atoms with E-state index < -0.39 is 11.6 Å². The van der Waals surface area contributed by atoms with Crippen LogP contribution >= 0.6 is 11.6 Å². The van der Waals surface area contributed by atoms with Gasteiger partial charge in [-0.2, -0.15) is 0 Å². The van der Waals surface area contributed by atoms with E-state index in [0.29, 0.717) is 30.1 Å². The molecule has 1 fully saturated rings. The third-order valence-electron chi connectivity index (χ3n) is 4.20. The van der Waals surface area contributed by atoms with Crippen molar-refractivity contribution in [2.75, 3.05) is 13.1 Å². The van der Waals surface area contributed by atoms with Gasteiger partial charge in [0.15, 0.2) is 0 Å². The van der Waals surface area contributed by atoms with Crippen molar-refractivity contribution in [3.05, 3.63) is 64.9 Å². The van der Waals surface area contributed by atoms with E-state index in [1.807, 2.05) is 30.3 Å². The van der Waals surface area contributed by atoms with Crippen LogP contribution in [0.25, 0.3) is 0 Å². The molecule has 2 aromatic rings. The highest BCUT2D eigenvalue weighted by molar-refractivity contribution is 6.30. The first-order chi connectivity index (χ1) is 11.1. The van der Waals surface area contributed by atoms with Crippen molar-refractivity contribution in [3.8, 4) is 0 Å². The number of amides is 1. The quantitative estimate of drug-likeness (QED) is 0.800. The zero-order valence-corrected chi connectivity index (χ0v) is 13.3. The number of benzene rings is 1. The standard InChI is InChI=1S/C17H18ClN3O2/c18-14-8-12(9-20-10-14)16(23)21-17(6-7-19-11-15(17)22)13-4-2-1-3-5-13/h1-5,8-10,15,19,22H,6-7,11H2,(H,21,23)/t15-,17+/m1/s1. The molecule has 6 heteroatoms. The average Bonchev–Trinajstić information content (AvgIpc) is 2.58. The van der Waals surface area contributed by atoms with E-state index in [9.17, 15) is 9.90 Å². The summed E-state index contributed by atoms with van der Waals surface area (Å²) in [6.07, 6.45) is 2.81. The van der Waals surface area contributed by atoms with Gasteiger partial charge in [-0.05, 0) is 24.6 Å². The van der Waals surface area contributed by atoms with Crippen LogP contribution in [0.1, 0.15) is 22.3 Å². The van der Waals surface area contributed by atoms with Crippen LogP contribution in [0.15, 0.2) is 48.8 Å². The number of rotatable bonds is 3. The number of hydrogen-bond donors (Lipinski definition) is 3. The molecule has 23 heavy (non-hydrogen) atoms. The topological polar surface area (TPSA) is 74.2 Å². The summed E-state index contributed by atoms with van der Waals surface area (Å²) in [5.41, 5.74) is 0.433. The molecule has 2 heterocycles. The molecule has 0 radical (unpaired) electrons. The van der Waals surface area contributed by atoms with Crippen LogP contribution < -0.4 is 10.6 Å². The number of nitrogens with zero attached hydrogens (tertiary/aromatic N) is 1. The van der Waals surface area contributed by atoms with Crippen molar-refractivity contribution >= 4 is 17.5 Å². The monoisotopic (exact) mass is 331 g/mol. The van der Waals surface area contributed by atoms with Gasteiger partial charge in [-0.15, -0.1) is 0 Å². The summed E-state index contributed by atoms with van der Waals surface area (Å²) in [6.45, 7) is 1.13. The van der Waals surface area contributed by atoms with Gasteiger partial charge >= 0.3 is 0 Å². The predicted molar refractivity (Wildman–Crippen MR) is 88.3 cm³/mol. The molecule has 5 nitrogen and oxygen atoms in total. The Morgan fingerprint density at radius 2 is 2.13 bits per heavy atom. The third-order valence-corrected chi connectivity index (χ3v) is 4.40. The molecule has 1 aromatic heterocycles. The maximum atomic E-state index is 12.6. The molecule has 0 unspecified atom stereocenters. The molecule has 2 atom stereocenters. The van der Waals surface area contributed by atoms with Crippen LogP contribution in [0, 0.1) is 0 Å². The van der Waals surface area contributed by atoms with Crippen molar-refractivity contribution in [1.82, 2.24) is 15.6 Å². The van der Waals surface area contributed by atoms with Gasteiger partial charge in [0.1, 0.15) is 0 Å². The smallest absolute Gasteiger partial charge is 0.253 e. The summed E-state index contributed by atoms with van der Waals surface area (Å²) in [4.78, 5) is 16.6. The minimum absolute atomic E-state index is 0.301. The van der Waals surface area contributed by atoms with Crippen LogP contribution in [-0.2, 0) is 5.54 Å². The summed E-state index contributed by atoms with van der Waals surface area (Å²) >= 11 is 5.91. The van der Waals surface area contributed by atoms with Crippen molar-refractivity contribution in [1.29, 1.82) is 0 Å². The van der Waals surface area contributed by atoms with Gasteiger partial charge in [0.05, 0.1) is 22.2 Å². The van der Waals surface area contributed by atoms with Gasteiger partial charge in [0, 0.05) is 18.9 Å². The molecule has 0 saturated carbocycles. The molecule has 1 aliphatic heterocycles. The highest BCUT2D eigenvalue weighted by Crippen LogP contribution is 2.31. The Balaban J connectivity index is 1.95. The predicted octanol–water partition coefficient (Wildman–Crippen LogP) is 1.71. The zero-order chi connectivity index (χ0) is 16.3. The number of halogens is 1. The first-order valence-corrected chi connectivity index (χ1v) is 7.87. The Bertz CT molecular complexity index is 695. The van der Waals surface area contributed by atoms with Gasteiger partial charge in [0.2, 0.25) is 0 Å². The number of carbonyl (C=O) groups excluding carboxylic acids is 1. The molecule has 1 saturated heterocycles. The number of aromatic nitrogens is 1. The molecule has 120 valence electrons.